The van der Waals surface area contributed by atoms with Crippen molar-refractivity contribution in [3.05, 3.63) is 66.0 Å². The lowest BCUT2D eigenvalue weighted by molar-refractivity contribution is -0.127. The van der Waals surface area contributed by atoms with Gasteiger partial charge in [-0.15, -0.1) is 0 Å². The van der Waals surface area contributed by atoms with Crippen LogP contribution < -0.4 is 10.6 Å². The van der Waals surface area contributed by atoms with E-state index in [1.54, 1.807) is 7.05 Å². The summed E-state index contributed by atoms with van der Waals surface area (Å²) in [5, 5.41) is 6.78. The smallest absolute Gasteiger partial charge is 0.223 e. The largest absolute Gasteiger partial charge is 0.356 e. The second kappa shape index (κ2) is 10.3. The van der Waals surface area contributed by atoms with Crippen LogP contribution in [0.15, 0.2) is 59.6 Å². The van der Waals surface area contributed by atoms with E-state index in [1.165, 1.54) is 5.56 Å². The van der Waals surface area contributed by atoms with Crippen molar-refractivity contribution < 1.29 is 4.79 Å². The van der Waals surface area contributed by atoms with E-state index in [2.05, 4.69) is 43.4 Å². The minimum absolute atomic E-state index is 0.248. The monoisotopic (exact) mass is 432 g/mol. The number of para-hydroxylation sites is 2. The predicted octanol–water partition coefficient (Wildman–Crippen LogP) is 2.60. The summed E-state index contributed by atoms with van der Waals surface area (Å²) in [4.78, 5) is 23.4. The molecule has 3 aromatic rings. The Morgan fingerprint density at radius 2 is 1.88 bits per heavy atom. The first kappa shape index (κ1) is 21.9. The number of hydrogen-bond acceptors (Lipinski definition) is 3. The Hall–Kier alpha value is -3.35. The van der Waals surface area contributed by atoms with Gasteiger partial charge in [0, 0.05) is 52.1 Å². The number of imidazole rings is 1. The molecule has 7 heteroatoms. The van der Waals surface area contributed by atoms with Gasteiger partial charge in [0.25, 0.3) is 0 Å². The number of carbonyl (C=O) groups is 1. The molecule has 168 valence electrons. The maximum Gasteiger partial charge on any atom is 0.223 e. The molecule has 1 amide bonds. The van der Waals surface area contributed by atoms with E-state index in [-0.39, 0.29) is 5.91 Å². The average molecular weight is 433 g/mol. The highest BCUT2D eigenvalue weighted by Gasteiger charge is 2.29. The van der Waals surface area contributed by atoms with Crippen molar-refractivity contribution in [2.24, 2.45) is 10.9 Å². The highest BCUT2D eigenvalue weighted by atomic mass is 16.2. The van der Waals surface area contributed by atoms with Crippen molar-refractivity contribution in [1.82, 2.24) is 25.1 Å². The minimum atomic E-state index is 0.248. The summed E-state index contributed by atoms with van der Waals surface area (Å²) in [5.74, 6) is 2.33. The number of fused-ring (bicyclic) bond motifs is 1. The maximum absolute atomic E-state index is 12.4. The first-order chi connectivity index (χ1) is 15.6. The lowest BCUT2D eigenvalue weighted by Crippen LogP contribution is -2.41. The van der Waals surface area contributed by atoms with Gasteiger partial charge in [0.2, 0.25) is 5.91 Å². The van der Waals surface area contributed by atoms with Crippen LogP contribution in [0.4, 0.5) is 0 Å². The van der Waals surface area contributed by atoms with Gasteiger partial charge < -0.3 is 20.1 Å². The maximum atomic E-state index is 12.4. The Labute approximate surface area is 189 Å². The van der Waals surface area contributed by atoms with Gasteiger partial charge in [-0.05, 0) is 31.0 Å². The lowest BCUT2D eigenvalue weighted by Gasteiger charge is -2.18. The van der Waals surface area contributed by atoms with Gasteiger partial charge in [0.15, 0.2) is 5.96 Å². The second-order valence-corrected chi connectivity index (χ2v) is 8.32. The number of benzene rings is 2. The molecule has 1 aromatic heterocycles. The normalized spacial score (nSPS) is 16.7. The van der Waals surface area contributed by atoms with Crippen molar-refractivity contribution in [2.75, 3.05) is 33.2 Å². The van der Waals surface area contributed by atoms with E-state index in [0.29, 0.717) is 12.3 Å². The number of carbonyl (C=O) groups excluding carboxylic acids is 1. The van der Waals surface area contributed by atoms with Crippen LogP contribution in [0.1, 0.15) is 17.8 Å². The van der Waals surface area contributed by atoms with Crippen LogP contribution in [0.25, 0.3) is 11.0 Å². The summed E-state index contributed by atoms with van der Waals surface area (Å²) >= 11 is 0. The fourth-order valence-corrected chi connectivity index (χ4v) is 4.34. The highest BCUT2D eigenvalue weighted by Crippen LogP contribution is 2.18. The molecule has 2 N–H and O–H groups in total. The number of nitrogens with zero attached hydrogens (tertiary/aromatic N) is 4. The van der Waals surface area contributed by atoms with E-state index in [4.69, 9.17) is 0 Å². The Kier molecular flexibility index (Phi) is 7.04. The van der Waals surface area contributed by atoms with Gasteiger partial charge in [-0.2, -0.15) is 0 Å². The average Bonchev–Trinajstić information content (AvgIpc) is 3.33. The summed E-state index contributed by atoms with van der Waals surface area (Å²) in [6, 6.07) is 18.5. The van der Waals surface area contributed by atoms with E-state index >= 15 is 0 Å². The lowest BCUT2D eigenvalue weighted by atomic mass is 10.1. The fraction of sp³-hybridized carbons (Fsp3) is 0.400. The number of aryl methyl sites for hydroxylation is 1. The molecule has 0 radical (unpaired) electrons. The van der Waals surface area contributed by atoms with Gasteiger partial charge in [0.05, 0.1) is 11.0 Å². The standard InChI is InChI=1S/C25H32N6O/c1-19-29-22-10-6-7-11-23(22)31(19)15-13-27-25(26-2)28-17-21-16-24(32)30(18-21)14-12-20-8-4-3-5-9-20/h3-11,21H,12-18H2,1-2H3,(H2,26,27,28). The molecular formula is C25H32N6O. The van der Waals surface area contributed by atoms with Gasteiger partial charge in [0.1, 0.15) is 5.82 Å². The zero-order valence-electron chi connectivity index (χ0n) is 18.9. The van der Waals surface area contributed by atoms with Crippen LogP contribution in [-0.4, -0.2) is 59.5 Å². The van der Waals surface area contributed by atoms with Crippen molar-refractivity contribution in [3.63, 3.8) is 0 Å². The number of likely N-dealkylation sites (tertiary alicyclic amines) is 1. The highest BCUT2D eigenvalue weighted by molar-refractivity contribution is 5.81. The van der Waals surface area contributed by atoms with E-state index < -0.39 is 0 Å². The predicted molar refractivity (Wildman–Crippen MR) is 129 cm³/mol. The number of hydrogen-bond donors (Lipinski definition) is 2. The van der Waals surface area contributed by atoms with Crippen LogP contribution in [0.3, 0.4) is 0 Å². The van der Waals surface area contributed by atoms with Crippen LogP contribution in [0.2, 0.25) is 0 Å². The molecule has 1 saturated heterocycles. The number of aromatic nitrogens is 2. The first-order valence-electron chi connectivity index (χ1n) is 11.3. The third-order valence-electron chi connectivity index (χ3n) is 6.06. The van der Waals surface area contributed by atoms with Gasteiger partial charge >= 0.3 is 0 Å². The Balaban J connectivity index is 1.21. The summed E-state index contributed by atoms with van der Waals surface area (Å²) < 4.78 is 2.22. The molecule has 0 bridgehead atoms. The van der Waals surface area contributed by atoms with Gasteiger partial charge in [-0.25, -0.2) is 4.98 Å². The van der Waals surface area contributed by atoms with Gasteiger partial charge in [-0.3, -0.25) is 9.79 Å². The van der Waals surface area contributed by atoms with E-state index in [1.807, 2.05) is 48.2 Å². The van der Waals surface area contributed by atoms with Crippen molar-refractivity contribution in [1.29, 1.82) is 0 Å². The Morgan fingerprint density at radius 3 is 2.69 bits per heavy atom. The summed E-state index contributed by atoms with van der Waals surface area (Å²) in [6.45, 7) is 5.91. The molecule has 4 rings (SSSR count). The molecular weight excluding hydrogens is 400 g/mol. The first-order valence-corrected chi connectivity index (χ1v) is 11.3. The Bertz CT molecular complexity index is 1070. The molecule has 1 fully saturated rings. The Morgan fingerprint density at radius 1 is 1.09 bits per heavy atom. The van der Waals surface area contributed by atoms with Gasteiger partial charge in [-0.1, -0.05) is 42.5 Å². The topological polar surface area (TPSA) is 74.5 Å². The summed E-state index contributed by atoms with van der Waals surface area (Å²) in [6.07, 6.45) is 1.50. The van der Waals surface area contributed by atoms with E-state index in [0.717, 1.165) is 62.0 Å². The summed E-state index contributed by atoms with van der Waals surface area (Å²) in [5.41, 5.74) is 3.44. The molecule has 0 saturated carbocycles. The molecule has 2 heterocycles. The van der Waals surface area contributed by atoms with Crippen LogP contribution in [-0.2, 0) is 17.8 Å². The molecule has 1 atom stereocenters. The third kappa shape index (κ3) is 5.28. The molecule has 2 aromatic carbocycles. The molecule has 1 aliphatic heterocycles. The molecule has 0 aliphatic carbocycles. The fourth-order valence-electron chi connectivity index (χ4n) is 4.34. The zero-order chi connectivity index (χ0) is 22.3. The number of guanidine groups is 1. The van der Waals surface area contributed by atoms with Crippen LogP contribution >= 0.6 is 0 Å². The quantitative estimate of drug-likeness (QED) is 0.424. The number of nitrogens with one attached hydrogen (secondary N) is 2. The van der Waals surface area contributed by atoms with Crippen molar-refractivity contribution in [2.45, 2.75) is 26.3 Å². The molecule has 1 unspecified atom stereocenters. The molecule has 32 heavy (non-hydrogen) atoms. The minimum Gasteiger partial charge on any atom is -0.356 e. The molecule has 7 nitrogen and oxygen atoms in total. The number of rotatable bonds is 8. The molecule has 0 spiro atoms. The second-order valence-electron chi connectivity index (χ2n) is 8.32. The van der Waals surface area contributed by atoms with E-state index in [9.17, 15) is 4.79 Å². The molecule has 1 aliphatic rings. The van der Waals surface area contributed by atoms with Crippen LogP contribution in [0.5, 0.6) is 0 Å². The third-order valence-corrected chi connectivity index (χ3v) is 6.06. The van der Waals surface area contributed by atoms with Crippen molar-refractivity contribution >= 4 is 22.9 Å². The SMILES string of the molecule is CN=C(NCCn1c(C)nc2ccccc21)NCC1CC(=O)N(CCc2ccccc2)C1. The number of amides is 1. The van der Waals surface area contributed by atoms with Crippen molar-refractivity contribution in [3.8, 4) is 0 Å². The zero-order valence-corrected chi connectivity index (χ0v) is 18.9. The summed E-state index contributed by atoms with van der Waals surface area (Å²) in [7, 11) is 1.78. The number of aliphatic imine (C=N–C) groups is 1. The van der Waals surface area contributed by atoms with Crippen LogP contribution in [0, 0.1) is 12.8 Å².